The van der Waals surface area contributed by atoms with Gasteiger partial charge < -0.3 is 10.2 Å². The zero-order chi connectivity index (χ0) is 13.8. The third kappa shape index (κ3) is 3.01. The summed E-state index contributed by atoms with van der Waals surface area (Å²) in [6.07, 6.45) is 4.42. The van der Waals surface area contributed by atoms with Crippen molar-refractivity contribution < 1.29 is 9.59 Å². The smallest absolute Gasteiger partial charge is 0.249 e. The highest BCUT2D eigenvalue weighted by molar-refractivity contribution is 6.04. The number of imide groups is 1. The molecule has 2 rings (SSSR count). The average molecular weight is 262 g/mol. The fourth-order valence-electron chi connectivity index (χ4n) is 1.98. The summed E-state index contributed by atoms with van der Waals surface area (Å²) in [5, 5.41) is 5.56. The van der Waals surface area contributed by atoms with Crippen LogP contribution in [0.2, 0.25) is 0 Å². The van der Waals surface area contributed by atoms with Gasteiger partial charge in [-0.1, -0.05) is 6.92 Å². The molecule has 2 N–H and O–H groups in total. The number of rotatable bonds is 4. The van der Waals surface area contributed by atoms with Crippen LogP contribution in [0, 0.1) is 0 Å². The van der Waals surface area contributed by atoms with Crippen LogP contribution in [0.3, 0.4) is 0 Å². The Bertz CT molecular complexity index is 489. The maximum absolute atomic E-state index is 11.6. The second kappa shape index (κ2) is 5.69. The molecule has 102 valence electrons. The lowest BCUT2D eigenvalue weighted by Gasteiger charge is -2.33. The minimum absolute atomic E-state index is 0.172. The third-order valence-corrected chi connectivity index (χ3v) is 3.06. The molecule has 1 atom stereocenters. The Morgan fingerprint density at radius 3 is 3.00 bits per heavy atom. The Hall–Kier alpha value is -2.11. The summed E-state index contributed by atoms with van der Waals surface area (Å²) in [5.41, 5.74) is 1.67. The highest BCUT2D eigenvalue weighted by Gasteiger charge is 2.30. The summed E-state index contributed by atoms with van der Waals surface area (Å²) in [4.78, 5) is 29.0. The molecule has 1 fully saturated rings. The number of aromatic nitrogens is 1. The van der Waals surface area contributed by atoms with E-state index in [0.29, 0.717) is 0 Å². The summed E-state index contributed by atoms with van der Waals surface area (Å²) >= 11 is 0. The number of carbonyl (C=O) groups is 2. The highest BCUT2D eigenvalue weighted by atomic mass is 16.2. The van der Waals surface area contributed by atoms with Crippen LogP contribution in [0.25, 0.3) is 0 Å². The number of hydrogen-bond acceptors (Lipinski definition) is 5. The molecule has 1 saturated heterocycles. The van der Waals surface area contributed by atoms with Gasteiger partial charge in [0.15, 0.2) is 0 Å². The largest absolute Gasteiger partial charge is 0.384 e. The van der Waals surface area contributed by atoms with Crippen LogP contribution < -0.4 is 15.5 Å². The second-order valence-electron chi connectivity index (χ2n) is 4.57. The van der Waals surface area contributed by atoms with Crippen LogP contribution in [0.5, 0.6) is 0 Å². The fraction of sp³-hybridized carbons (Fsp3) is 0.462. The van der Waals surface area contributed by atoms with Gasteiger partial charge in [0.05, 0.1) is 30.3 Å². The van der Waals surface area contributed by atoms with Crippen molar-refractivity contribution >= 4 is 23.2 Å². The van der Waals surface area contributed by atoms with E-state index in [9.17, 15) is 9.59 Å². The van der Waals surface area contributed by atoms with E-state index in [1.54, 1.807) is 24.2 Å². The van der Waals surface area contributed by atoms with E-state index >= 15 is 0 Å². The lowest BCUT2D eigenvalue weighted by atomic mass is 10.2. The molecule has 0 spiro atoms. The molecule has 1 aliphatic rings. The molecule has 2 amide bonds. The number of anilines is 2. The quantitative estimate of drug-likeness (QED) is 0.783. The molecular weight excluding hydrogens is 244 g/mol. The van der Waals surface area contributed by atoms with Gasteiger partial charge in [0.1, 0.15) is 6.04 Å². The molecule has 2 heterocycles. The Kier molecular flexibility index (Phi) is 3.99. The number of nitrogens with zero attached hydrogens (tertiary/aromatic N) is 2. The number of nitrogens with one attached hydrogen (secondary N) is 2. The van der Waals surface area contributed by atoms with E-state index in [1.807, 2.05) is 6.07 Å². The van der Waals surface area contributed by atoms with Gasteiger partial charge in [-0.15, -0.1) is 0 Å². The maximum atomic E-state index is 11.6. The van der Waals surface area contributed by atoms with Gasteiger partial charge in [-0.2, -0.15) is 0 Å². The summed E-state index contributed by atoms with van der Waals surface area (Å²) in [6.45, 7) is 4.89. The molecule has 0 aromatic carbocycles. The van der Waals surface area contributed by atoms with E-state index in [0.717, 1.165) is 24.3 Å². The Morgan fingerprint density at radius 1 is 1.47 bits per heavy atom. The molecular formula is C13H18N4O2. The number of piperazine rings is 1. The van der Waals surface area contributed by atoms with E-state index in [1.165, 1.54) is 0 Å². The topological polar surface area (TPSA) is 74.3 Å². The zero-order valence-corrected chi connectivity index (χ0v) is 11.1. The van der Waals surface area contributed by atoms with E-state index in [2.05, 4.69) is 22.5 Å². The Morgan fingerprint density at radius 2 is 2.26 bits per heavy atom. The van der Waals surface area contributed by atoms with E-state index in [4.69, 9.17) is 0 Å². The van der Waals surface area contributed by atoms with Crippen molar-refractivity contribution in [2.24, 2.45) is 0 Å². The SMILES string of the molecule is CCCNc1cncc(N2CC(=O)NC(=O)C2C)c1. The average Bonchev–Trinajstić information content (AvgIpc) is 2.41. The normalized spacial score (nSPS) is 19.3. The van der Waals surface area contributed by atoms with Crippen molar-refractivity contribution in [3.8, 4) is 0 Å². The molecule has 1 aromatic heterocycles. The Labute approximate surface area is 112 Å². The van der Waals surface area contributed by atoms with Crippen molar-refractivity contribution in [1.29, 1.82) is 0 Å². The maximum Gasteiger partial charge on any atom is 0.249 e. The van der Waals surface area contributed by atoms with Crippen LogP contribution in [0.15, 0.2) is 18.5 Å². The second-order valence-corrected chi connectivity index (χ2v) is 4.57. The van der Waals surface area contributed by atoms with Crippen molar-refractivity contribution in [3.63, 3.8) is 0 Å². The summed E-state index contributed by atoms with van der Waals surface area (Å²) in [5.74, 6) is -0.557. The molecule has 6 heteroatoms. The first-order chi connectivity index (χ1) is 9.11. The number of carbonyl (C=O) groups excluding carboxylic acids is 2. The van der Waals surface area contributed by atoms with Gasteiger partial charge >= 0.3 is 0 Å². The predicted octanol–water partition coefficient (Wildman–Crippen LogP) is 0.755. The number of pyridine rings is 1. The standard InChI is InChI=1S/C13H18N4O2/c1-3-4-15-10-5-11(7-14-6-10)17-8-12(18)16-13(19)9(17)2/h5-7,9,15H,3-4,8H2,1-2H3,(H,16,18,19). The van der Waals surface area contributed by atoms with Crippen molar-refractivity contribution in [2.45, 2.75) is 26.3 Å². The van der Waals surface area contributed by atoms with E-state index in [-0.39, 0.29) is 24.4 Å². The van der Waals surface area contributed by atoms with Crippen LogP contribution in [0.1, 0.15) is 20.3 Å². The first kappa shape index (κ1) is 13.3. The van der Waals surface area contributed by atoms with Crippen molar-refractivity contribution in [1.82, 2.24) is 10.3 Å². The van der Waals surface area contributed by atoms with Crippen molar-refractivity contribution in [2.75, 3.05) is 23.3 Å². The molecule has 0 radical (unpaired) electrons. The number of hydrogen-bond donors (Lipinski definition) is 2. The molecule has 0 aliphatic carbocycles. The predicted molar refractivity (Wildman–Crippen MR) is 73.0 cm³/mol. The van der Waals surface area contributed by atoms with E-state index < -0.39 is 0 Å². The van der Waals surface area contributed by atoms with Crippen LogP contribution in [-0.2, 0) is 9.59 Å². The zero-order valence-electron chi connectivity index (χ0n) is 11.1. The number of amides is 2. The van der Waals surface area contributed by atoms with Gasteiger partial charge in [0.25, 0.3) is 0 Å². The van der Waals surface area contributed by atoms with Crippen molar-refractivity contribution in [3.05, 3.63) is 18.5 Å². The lowest BCUT2D eigenvalue weighted by molar-refractivity contribution is -0.132. The monoisotopic (exact) mass is 262 g/mol. The summed E-state index contributed by atoms with van der Waals surface area (Å²) in [6, 6.07) is 1.53. The highest BCUT2D eigenvalue weighted by Crippen LogP contribution is 2.21. The third-order valence-electron chi connectivity index (χ3n) is 3.06. The first-order valence-corrected chi connectivity index (χ1v) is 6.41. The first-order valence-electron chi connectivity index (χ1n) is 6.41. The fourth-order valence-corrected chi connectivity index (χ4v) is 1.98. The van der Waals surface area contributed by atoms with Gasteiger partial charge in [0, 0.05) is 6.54 Å². The molecule has 1 aliphatic heterocycles. The molecule has 6 nitrogen and oxygen atoms in total. The molecule has 1 aromatic rings. The molecule has 0 saturated carbocycles. The minimum atomic E-state index is -0.374. The van der Waals surface area contributed by atoms with Crippen LogP contribution >= 0.6 is 0 Å². The van der Waals surface area contributed by atoms with Crippen LogP contribution in [-0.4, -0.2) is 35.9 Å². The van der Waals surface area contributed by atoms with Gasteiger partial charge in [0.2, 0.25) is 11.8 Å². The lowest BCUT2D eigenvalue weighted by Crippen LogP contribution is -2.57. The van der Waals surface area contributed by atoms with Gasteiger partial charge in [-0.05, 0) is 19.4 Å². The molecule has 0 bridgehead atoms. The molecule has 1 unspecified atom stereocenters. The van der Waals surface area contributed by atoms with Gasteiger partial charge in [-0.25, -0.2) is 0 Å². The van der Waals surface area contributed by atoms with Crippen LogP contribution in [0.4, 0.5) is 11.4 Å². The summed E-state index contributed by atoms with van der Waals surface area (Å²) in [7, 11) is 0. The Balaban J connectivity index is 2.20. The molecule has 19 heavy (non-hydrogen) atoms. The minimum Gasteiger partial charge on any atom is -0.384 e. The summed E-state index contributed by atoms with van der Waals surface area (Å²) < 4.78 is 0. The van der Waals surface area contributed by atoms with Gasteiger partial charge in [-0.3, -0.25) is 19.9 Å².